The first-order valence-corrected chi connectivity index (χ1v) is 6.20. The Bertz CT molecular complexity index is 271. The zero-order valence-corrected chi connectivity index (χ0v) is 11.4. The summed E-state index contributed by atoms with van der Waals surface area (Å²) < 4.78 is 4.89. The van der Waals surface area contributed by atoms with Gasteiger partial charge >= 0.3 is 12.0 Å². The maximum atomic E-state index is 11.4. The molecule has 1 unspecified atom stereocenters. The third kappa shape index (κ3) is 6.44. The van der Waals surface area contributed by atoms with Crippen molar-refractivity contribution in [2.24, 2.45) is 5.41 Å². The molecule has 2 amide bonds. The fourth-order valence-electron chi connectivity index (χ4n) is 1.26. The van der Waals surface area contributed by atoms with Crippen LogP contribution in [0.2, 0.25) is 0 Å². The molecule has 1 atom stereocenters. The average molecular weight is 260 g/mol. The van der Waals surface area contributed by atoms with Gasteiger partial charge in [-0.1, -0.05) is 6.92 Å². The van der Waals surface area contributed by atoms with Crippen molar-refractivity contribution in [3.63, 3.8) is 0 Å². The van der Waals surface area contributed by atoms with E-state index in [0.717, 1.165) is 12.8 Å². The molecule has 3 N–H and O–H groups in total. The van der Waals surface area contributed by atoms with Crippen LogP contribution in [0, 0.1) is 5.41 Å². The molecule has 0 fully saturated rings. The van der Waals surface area contributed by atoms with Crippen molar-refractivity contribution in [3.05, 3.63) is 0 Å². The molecular formula is C12H24N2O4. The second kappa shape index (κ2) is 8.74. The largest absolute Gasteiger partial charge is 0.481 e. The smallest absolute Gasteiger partial charge is 0.314 e. The molecule has 0 aliphatic rings. The lowest BCUT2D eigenvalue weighted by atomic mass is 9.88. The van der Waals surface area contributed by atoms with Gasteiger partial charge in [0.05, 0.1) is 5.41 Å². The van der Waals surface area contributed by atoms with Crippen LogP contribution in [0.3, 0.4) is 0 Å². The highest BCUT2D eigenvalue weighted by Crippen LogP contribution is 2.19. The third-order valence-corrected chi connectivity index (χ3v) is 3.00. The highest BCUT2D eigenvalue weighted by Gasteiger charge is 2.31. The van der Waals surface area contributed by atoms with Crippen LogP contribution in [0.4, 0.5) is 4.79 Å². The number of carbonyl (C=O) groups is 2. The molecule has 0 saturated carbocycles. The fraction of sp³-hybridized carbons (Fsp3) is 0.833. The van der Waals surface area contributed by atoms with Crippen LogP contribution in [0.5, 0.6) is 0 Å². The van der Waals surface area contributed by atoms with Gasteiger partial charge in [0.25, 0.3) is 0 Å². The van der Waals surface area contributed by atoms with E-state index in [9.17, 15) is 9.59 Å². The van der Waals surface area contributed by atoms with Crippen LogP contribution in [0.1, 0.15) is 33.1 Å². The molecule has 0 radical (unpaired) electrons. The molecule has 0 bridgehead atoms. The number of urea groups is 1. The van der Waals surface area contributed by atoms with E-state index in [1.165, 1.54) is 0 Å². The van der Waals surface area contributed by atoms with Crippen molar-refractivity contribution in [3.8, 4) is 0 Å². The van der Waals surface area contributed by atoms with Crippen LogP contribution in [0.15, 0.2) is 0 Å². The molecule has 0 aromatic carbocycles. The number of carboxylic acids is 1. The Hall–Kier alpha value is -1.30. The molecule has 18 heavy (non-hydrogen) atoms. The summed E-state index contributed by atoms with van der Waals surface area (Å²) in [6.45, 7) is 4.77. The Balaban J connectivity index is 3.79. The normalized spacial score (nSPS) is 13.7. The summed E-state index contributed by atoms with van der Waals surface area (Å²) in [4.78, 5) is 22.4. The molecule has 0 aliphatic carbocycles. The summed E-state index contributed by atoms with van der Waals surface area (Å²) in [6.07, 6.45) is 2.19. The van der Waals surface area contributed by atoms with Gasteiger partial charge in [-0.15, -0.1) is 0 Å². The number of hydrogen-bond acceptors (Lipinski definition) is 3. The van der Waals surface area contributed by atoms with Crippen molar-refractivity contribution in [1.82, 2.24) is 10.6 Å². The summed E-state index contributed by atoms with van der Waals surface area (Å²) in [6, 6.07) is -0.326. The third-order valence-electron chi connectivity index (χ3n) is 3.00. The van der Waals surface area contributed by atoms with E-state index < -0.39 is 11.4 Å². The van der Waals surface area contributed by atoms with Crippen LogP contribution < -0.4 is 10.6 Å². The lowest BCUT2D eigenvalue weighted by Gasteiger charge is -2.23. The Morgan fingerprint density at radius 1 is 1.28 bits per heavy atom. The Morgan fingerprint density at radius 3 is 2.44 bits per heavy atom. The standard InChI is InChI=1S/C12H24N2O4/c1-4-12(2,10(15)16)9-14-11(17)13-7-5-6-8-18-3/h4-9H2,1-3H3,(H,15,16)(H2,13,14,17). The summed E-state index contributed by atoms with van der Waals surface area (Å²) in [5, 5.41) is 14.3. The molecule has 0 saturated heterocycles. The minimum atomic E-state index is -0.909. The van der Waals surface area contributed by atoms with Gasteiger partial charge in [0.15, 0.2) is 0 Å². The molecule has 0 rings (SSSR count). The molecular weight excluding hydrogens is 236 g/mol. The minimum Gasteiger partial charge on any atom is -0.481 e. The number of carboxylic acid groups (broad SMARTS) is 1. The van der Waals surface area contributed by atoms with E-state index in [0.29, 0.717) is 19.6 Å². The predicted molar refractivity (Wildman–Crippen MR) is 68.5 cm³/mol. The van der Waals surface area contributed by atoms with Crippen molar-refractivity contribution >= 4 is 12.0 Å². The lowest BCUT2D eigenvalue weighted by Crippen LogP contribution is -2.44. The first-order chi connectivity index (χ1) is 8.46. The number of amides is 2. The number of nitrogens with one attached hydrogen (secondary N) is 2. The fourth-order valence-corrected chi connectivity index (χ4v) is 1.26. The van der Waals surface area contributed by atoms with Crippen molar-refractivity contribution in [2.45, 2.75) is 33.1 Å². The SMILES string of the molecule is CCC(C)(CNC(=O)NCCCCOC)C(=O)O. The number of methoxy groups -OCH3 is 1. The van der Waals surface area contributed by atoms with Gasteiger partial charge in [0.1, 0.15) is 0 Å². The number of rotatable bonds is 9. The first-order valence-electron chi connectivity index (χ1n) is 6.20. The number of aliphatic carboxylic acids is 1. The average Bonchev–Trinajstić information content (AvgIpc) is 2.35. The van der Waals surface area contributed by atoms with Crippen molar-refractivity contribution in [2.75, 3.05) is 26.8 Å². The molecule has 0 heterocycles. The molecule has 106 valence electrons. The molecule has 0 spiro atoms. The Labute approximate surface area is 108 Å². The maximum Gasteiger partial charge on any atom is 0.314 e. The van der Waals surface area contributed by atoms with E-state index in [-0.39, 0.29) is 12.6 Å². The maximum absolute atomic E-state index is 11.4. The highest BCUT2D eigenvalue weighted by molar-refractivity contribution is 5.77. The Morgan fingerprint density at radius 2 is 1.94 bits per heavy atom. The molecule has 6 heteroatoms. The quantitative estimate of drug-likeness (QED) is 0.544. The van der Waals surface area contributed by atoms with Gasteiger partial charge in [-0.25, -0.2) is 4.79 Å². The number of unbranched alkanes of at least 4 members (excludes halogenated alkanes) is 1. The van der Waals surface area contributed by atoms with Gasteiger partial charge < -0.3 is 20.5 Å². The molecule has 0 aromatic rings. The molecule has 6 nitrogen and oxygen atoms in total. The van der Waals surface area contributed by atoms with Crippen molar-refractivity contribution in [1.29, 1.82) is 0 Å². The number of carbonyl (C=O) groups excluding carboxylic acids is 1. The van der Waals surface area contributed by atoms with E-state index in [1.54, 1.807) is 21.0 Å². The summed E-state index contributed by atoms with van der Waals surface area (Å²) in [5.74, 6) is -0.898. The zero-order valence-electron chi connectivity index (χ0n) is 11.4. The second-order valence-electron chi connectivity index (χ2n) is 4.53. The molecule has 0 aromatic heterocycles. The minimum absolute atomic E-state index is 0.128. The van der Waals surface area contributed by atoms with E-state index in [4.69, 9.17) is 9.84 Å². The monoisotopic (exact) mass is 260 g/mol. The Kier molecular flexibility index (Phi) is 8.11. The zero-order chi connectivity index (χ0) is 14.0. The van der Waals surface area contributed by atoms with Gasteiger partial charge in [-0.3, -0.25) is 4.79 Å². The summed E-state index contributed by atoms with van der Waals surface area (Å²) in [5.41, 5.74) is -0.909. The summed E-state index contributed by atoms with van der Waals surface area (Å²) >= 11 is 0. The highest BCUT2D eigenvalue weighted by atomic mass is 16.5. The summed E-state index contributed by atoms with van der Waals surface area (Å²) in [7, 11) is 1.64. The van der Waals surface area contributed by atoms with E-state index in [2.05, 4.69) is 10.6 Å². The predicted octanol–water partition coefficient (Wildman–Crippen LogP) is 1.21. The van der Waals surface area contributed by atoms with Crippen LogP contribution in [-0.2, 0) is 9.53 Å². The second-order valence-corrected chi connectivity index (χ2v) is 4.53. The van der Waals surface area contributed by atoms with Crippen LogP contribution in [-0.4, -0.2) is 43.9 Å². The van der Waals surface area contributed by atoms with Crippen LogP contribution in [0.25, 0.3) is 0 Å². The van der Waals surface area contributed by atoms with Crippen LogP contribution >= 0.6 is 0 Å². The first kappa shape index (κ1) is 16.7. The van der Waals surface area contributed by atoms with Gasteiger partial charge in [0.2, 0.25) is 0 Å². The van der Waals surface area contributed by atoms with Gasteiger partial charge in [-0.2, -0.15) is 0 Å². The number of hydrogen-bond donors (Lipinski definition) is 3. The van der Waals surface area contributed by atoms with E-state index >= 15 is 0 Å². The van der Waals surface area contributed by atoms with E-state index in [1.807, 2.05) is 0 Å². The van der Waals surface area contributed by atoms with Gasteiger partial charge in [-0.05, 0) is 26.2 Å². The van der Waals surface area contributed by atoms with Gasteiger partial charge in [0, 0.05) is 26.8 Å². The topological polar surface area (TPSA) is 87.7 Å². The lowest BCUT2D eigenvalue weighted by molar-refractivity contribution is -0.147. The molecule has 0 aliphatic heterocycles. The van der Waals surface area contributed by atoms with Crippen molar-refractivity contribution < 1.29 is 19.4 Å². The number of ether oxygens (including phenoxy) is 1.